The second-order valence-corrected chi connectivity index (χ2v) is 10.6. The Labute approximate surface area is 260 Å². The van der Waals surface area contributed by atoms with Gasteiger partial charge >= 0.3 is 5.97 Å². The minimum atomic E-state index is -0.905. The summed E-state index contributed by atoms with van der Waals surface area (Å²) in [6, 6.07) is 14.9. The molecule has 0 saturated carbocycles. The van der Waals surface area contributed by atoms with Gasteiger partial charge < -0.3 is 33.9 Å². The highest BCUT2D eigenvalue weighted by Gasteiger charge is 2.37. The molecule has 11 heteroatoms. The molecule has 0 spiro atoms. The summed E-state index contributed by atoms with van der Waals surface area (Å²) in [5.41, 5.74) is 2.00. The van der Waals surface area contributed by atoms with Crippen LogP contribution < -0.4 is 9.47 Å². The molecular weight excluding hydrogens is 568 g/mol. The molecule has 2 amide bonds. The molecule has 0 unspecified atom stereocenters. The van der Waals surface area contributed by atoms with Gasteiger partial charge in [0.1, 0.15) is 18.1 Å². The fourth-order valence-corrected chi connectivity index (χ4v) is 4.98. The van der Waals surface area contributed by atoms with Gasteiger partial charge in [0.25, 0.3) is 0 Å². The van der Waals surface area contributed by atoms with Gasteiger partial charge in [0.2, 0.25) is 11.8 Å². The first-order chi connectivity index (χ1) is 21.0. The first kappa shape index (κ1) is 36.2. The molecule has 2 aliphatic rings. The Hall–Kier alpha value is -3.96. The van der Waals surface area contributed by atoms with E-state index >= 15 is 0 Å². The average molecular weight is 615 g/mol. The number of ether oxygens (including phenoxy) is 4. The molecular formula is C33H46N2O9. The molecule has 0 aromatic heterocycles. The zero-order chi connectivity index (χ0) is 32.8. The first-order valence-corrected chi connectivity index (χ1v) is 14.6. The predicted octanol–water partition coefficient (Wildman–Crippen LogP) is 4.16. The number of carbonyl (C=O) groups excluding carboxylic acids is 3. The van der Waals surface area contributed by atoms with E-state index in [1.807, 2.05) is 69.3 Å². The average Bonchev–Trinajstić information content (AvgIpc) is 3.63. The fourth-order valence-electron chi connectivity index (χ4n) is 4.98. The molecule has 44 heavy (non-hydrogen) atoms. The van der Waals surface area contributed by atoms with Gasteiger partial charge in [-0.25, -0.2) is 0 Å². The van der Waals surface area contributed by atoms with Crippen molar-refractivity contribution in [3.63, 3.8) is 0 Å². The van der Waals surface area contributed by atoms with Crippen molar-refractivity contribution in [2.45, 2.75) is 45.7 Å². The molecule has 1 N–H and O–H groups in total. The minimum absolute atomic E-state index is 0.00437. The minimum Gasteiger partial charge on any atom is -0.497 e. The van der Waals surface area contributed by atoms with Gasteiger partial charge in [0.15, 0.2) is 5.78 Å². The zero-order valence-corrected chi connectivity index (χ0v) is 26.8. The number of methoxy groups -OCH3 is 4. The van der Waals surface area contributed by atoms with E-state index in [2.05, 4.69) is 4.74 Å². The lowest BCUT2D eigenvalue weighted by atomic mass is 10.0. The van der Waals surface area contributed by atoms with Crippen molar-refractivity contribution in [2.75, 3.05) is 54.7 Å². The molecule has 242 valence electrons. The number of carboxylic acids is 1. The standard InChI is InChI=1S/C16H21NO4.C14H17NO4.C3H8O/c1-11(12-4-6-14(21-3)7-5-12)17-9-13(8-16(17)19)15(18)10-20-2;1-9(10-3-5-12(19-2)6-4-10)15-8-11(14(17)18)7-13(15)16;1-3-4-2/h4-7,11,13H,8-10H2,1-3H3;3-6,9,11H,7-8H2,1-2H3,(H,17,18);3H2,1-2H3/t11-,13-;9-,11-;/m00./s1. The molecule has 2 aliphatic heterocycles. The summed E-state index contributed by atoms with van der Waals surface area (Å²) in [4.78, 5) is 50.2. The summed E-state index contributed by atoms with van der Waals surface area (Å²) in [7, 11) is 6.39. The number of carbonyl (C=O) groups is 4. The van der Waals surface area contributed by atoms with E-state index in [1.54, 1.807) is 31.1 Å². The number of ketones is 1. The van der Waals surface area contributed by atoms with E-state index in [0.29, 0.717) is 6.54 Å². The topological polar surface area (TPSA) is 132 Å². The third-order valence-corrected chi connectivity index (χ3v) is 7.83. The number of carboxylic acid groups (broad SMARTS) is 1. The van der Waals surface area contributed by atoms with Gasteiger partial charge in [0, 0.05) is 52.7 Å². The zero-order valence-electron chi connectivity index (χ0n) is 26.8. The third kappa shape index (κ3) is 10.1. The highest BCUT2D eigenvalue weighted by molar-refractivity contribution is 5.91. The van der Waals surface area contributed by atoms with Crippen LogP contribution in [0, 0.1) is 11.8 Å². The summed E-state index contributed by atoms with van der Waals surface area (Å²) in [5, 5.41) is 8.97. The van der Waals surface area contributed by atoms with Crippen LogP contribution in [0.3, 0.4) is 0 Å². The van der Waals surface area contributed by atoms with Gasteiger partial charge in [-0.3, -0.25) is 19.2 Å². The highest BCUT2D eigenvalue weighted by Crippen LogP contribution is 2.31. The SMILES string of the molecule is CCOC.COCC(=O)[C@H]1CC(=O)N([C@@H](C)c2ccc(OC)cc2)C1.COc1ccc([C@H](C)N2C[C@@H](C(=O)O)CC2=O)cc1. The van der Waals surface area contributed by atoms with E-state index in [4.69, 9.17) is 19.3 Å². The van der Waals surface area contributed by atoms with Crippen LogP contribution in [-0.4, -0.2) is 93.2 Å². The molecule has 0 aliphatic carbocycles. The summed E-state index contributed by atoms with van der Waals surface area (Å²) >= 11 is 0. The summed E-state index contributed by atoms with van der Waals surface area (Å²) in [5.74, 6) is -0.290. The van der Waals surface area contributed by atoms with Crippen LogP contribution in [0.1, 0.15) is 56.8 Å². The maximum atomic E-state index is 12.1. The molecule has 2 aromatic carbocycles. The lowest BCUT2D eigenvalue weighted by molar-refractivity contribution is -0.141. The maximum absolute atomic E-state index is 12.1. The van der Waals surface area contributed by atoms with Gasteiger partial charge in [-0.15, -0.1) is 0 Å². The summed E-state index contributed by atoms with van der Waals surface area (Å²) in [6.45, 7) is 7.48. The molecule has 0 radical (unpaired) electrons. The second kappa shape index (κ2) is 18.0. The molecule has 2 heterocycles. The monoisotopic (exact) mass is 614 g/mol. The predicted molar refractivity (Wildman–Crippen MR) is 165 cm³/mol. The molecule has 11 nitrogen and oxygen atoms in total. The number of hydrogen-bond acceptors (Lipinski definition) is 8. The summed E-state index contributed by atoms with van der Waals surface area (Å²) in [6.07, 6.45) is 0.374. The van der Waals surface area contributed by atoms with Crippen LogP contribution in [0.2, 0.25) is 0 Å². The Morgan fingerprint density at radius 3 is 1.45 bits per heavy atom. The van der Waals surface area contributed by atoms with Gasteiger partial charge in [-0.05, 0) is 56.2 Å². The Morgan fingerprint density at radius 2 is 1.14 bits per heavy atom. The van der Waals surface area contributed by atoms with E-state index in [0.717, 1.165) is 29.2 Å². The Kier molecular flexibility index (Phi) is 14.8. The molecule has 4 rings (SSSR count). The van der Waals surface area contributed by atoms with Crippen LogP contribution in [0.5, 0.6) is 11.5 Å². The van der Waals surface area contributed by atoms with Crippen molar-refractivity contribution in [2.24, 2.45) is 11.8 Å². The van der Waals surface area contributed by atoms with Crippen molar-refractivity contribution in [1.82, 2.24) is 9.80 Å². The Bertz CT molecular complexity index is 1210. The van der Waals surface area contributed by atoms with Crippen LogP contribution in [0.25, 0.3) is 0 Å². The van der Waals surface area contributed by atoms with Crippen LogP contribution >= 0.6 is 0 Å². The lowest BCUT2D eigenvalue weighted by Crippen LogP contribution is -2.29. The number of likely N-dealkylation sites (tertiary alicyclic amines) is 2. The smallest absolute Gasteiger partial charge is 0.308 e. The molecule has 2 fully saturated rings. The summed E-state index contributed by atoms with van der Waals surface area (Å²) < 4.78 is 19.6. The lowest BCUT2D eigenvalue weighted by Gasteiger charge is -2.25. The van der Waals surface area contributed by atoms with Gasteiger partial charge in [-0.2, -0.15) is 0 Å². The molecule has 4 atom stereocenters. The number of amides is 2. The number of aliphatic carboxylic acids is 1. The molecule has 2 saturated heterocycles. The molecule has 2 aromatic rings. The number of benzene rings is 2. The number of Topliss-reactive ketones (excluding diaryl/α,β-unsaturated/α-hetero) is 1. The van der Waals surface area contributed by atoms with E-state index < -0.39 is 11.9 Å². The maximum Gasteiger partial charge on any atom is 0.308 e. The quantitative estimate of drug-likeness (QED) is 0.396. The second-order valence-electron chi connectivity index (χ2n) is 10.6. The van der Waals surface area contributed by atoms with Crippen LogP contribution in [0.15, 0.2) is 48.5 Å². The molecule has 0 bridgehead atoms. The van der Waals surface area contributed by atoms with E-state index in [-0.39, 0.29) is 61.6 Å². The van der Waals surface area contributed by atoms with Crippen molar-refractivity contribution < 1.29 is 43.2 Å². The first-order valence-electron chi connectivity index (χ1n) is 14.6. The van der Waals surface area contributed by atoms with E-state index in [9.17, 15) is 19.2 Å². The van der Waals surface area contributed by atoms with Crippen molar-refractivity contribution >= 4 is 23.6 Å². The van der Waals surface area contributed by atoms with E-state index in [1.165, 1.54) is 7.11 Å². The van der Waals surface area contributed by atoms with Gasteiger partial charge in [0.05, 0.1) is 32.2 Å². The fraction of sp³-hybridized carbons (Fsp3) is 0.515. The number of hydrogen-bond donors (Lipinski definition) is 1. The van der Waals surface area contributed by atoms with Crippen molar-refractivity contribution in [1.29, 1.82) is 0 Å². The largest absolute Gasteiger partial charge is 0.497 e. The van der Waals surface area contributed by atoms with Crippen LogP contribution in [-0.2, 0) is 28.7 Å². The highest BCUT2D eigenvalue weighted by atomic mass is 16.5. The third-order valence-electron chi connectivity index (χ3n) is 7.83. The number of nitrogens with zero attached hydrogens (tertiary/aromatic N) is 2. The Morgan fingerprint density at radius 1 is 0.750 bits per heavy atom. The Balaban J connectivity index is 0.000000275. The number of rotatable bonds is 11. The van der Waals surface area contributed by atoms with Gasteiger partial charge in [-0.1, -0.05) is 24.3 Å². The van der Waals surface area contributed by atoms with Crippen molar-refractivity contribution in [3.05, 3.63) is 59.7 Å². The van der Waals surface area contributed by atoms with Crippen molar-refractivity contribution in [3.8, 4) is 11.5 Å². The normalized spacial score (nSPS) is 18.9. The van der Waals surface area contributed by atoms with Crippen LogP contribution in [0.4, 0.5) is 0 Å².